The van der Waals surface area contributed by atoms with Gasteiger partial charge >= 0.3 is 0 Å². The van der Waals surface area contributed by atoms with Gasteiger partial charge in [-0.15, -0.1) is 11.6 Å². The Morgan fingerprint density at radius 2 is 2.06 bits per heavy atom. The Morgan fingerprint density at radius 3 is 2.62 bits per heavy atom. The van der Waals surface area contributed by atoms with Crippen molar-refractivity contribution in [2.24, 2.45) is 0 Å². The molecule has 1 aromatic rings. The van der Waals surface area contributed by atoms with Crippen LogP contribution in [0.2, 0.25) is 0 Å². The van der Waals surface area contributed by atoms with Crippen molar-refractivity contribution in [2.45, 2.75) is 25.8 Å². The van der Waals surface area contributed by atoms with Gasteiger partial charge in [0.05, 0.1) is 6.42 Å². The SMILES string of the molecule is CC(CCCl)NC(=O)Cc1ccc(F)cc1. The molecule has 1 N–H and O–H groups in total. The van der Waals surface area contributed by atoms with E-state index in [2.05, 4.69) is 5.32 Å². The lowest BCUT2D eigenvalue weighted by Gasteiger charge is -2.12. The van der Waals surface area contributed by atoms with Crippen LogP contribution in [0.1, 0.15) is 18.9 Å². The van der Waals surface area contributed by atoms with Gasteiger partial charge in [0.2, 0.25) is 5.91 Å². The summed E-state index contributed by atoms with van der Waals surface area (Å²) in [5.74, 6) is 0.168. The maximum Gasteiger partial charge on any atom is 0.224 e. The third-order valence-corrected chi connectivity index (χ3v) is 2.45. The Balaban J connectivity index is 2.42. The highest BCUT2D eigenvalue weighted by atomic mass is 35.5. The van der Waals surface area contributed by atoms with E-state index in [1.54, 1.807) is 12.1 Å². The van der Waals surface area contributed by atoms with Gasteiger partial charge in [0.15, 0.2) is 0 Å². The molecule has 2 nitrogen and oxygen atoms in total. The van der Waals surface area contributed by atoms with Crippen molar-refractivity contribution in [2.75, 3.05) is 5.88 Å². The summed E-state index contributed by atoms with van der Waals surface area (Å²) in [4.78, 5) is 11.5. The Labute approximate surface area is 99.8 Å². The highest BCUT2D eigenvalue weighted by molar-refractivity contribution is 6.17. The summed E-state index contributed by atoms with van der Waals surface area (Å²) in [7, 11) is 0. The first-order valence-electron chi connectivity index (χ1n) is 5.21. The molecule has 4 heteroatoms. The predicted molar refractivity (Wildman–Crippen MR) is 63.0 cm³/mol. The minimum atomic E-state index is -0.292. The molecule has 0 fully saturated rings. The average Bonchev–Trinajstić information content (AvgIpc) is 2.21. The van der Waals surface area contributed by atoms with Crippen LogP contribution in [-0.2, 0) is 11.2 Å². The van der Waals surface area contributed by atoms with E-state index in [1.165, 1.54) is 12.1 Å². The molecule has 0 saturated heterocycles. The third kappa shape index (κ3) is 4.62. The van der Waals surface area contributed by atoms with Crippen molar-refractivity contribution in [3.63, 3.8) is 0 Å². The second kappa shape index (κ2) is 6.48. The summed E-state index contributed by atoms with van der Waals surface area (Å²) in [5, 5.41) is 2.83. The second-order valence-corrected chi connectivity index (χ2v) is 4.13. The van der Waals surface area contributed by atoms with Gasteiger partial charge < -0.3 is 5.32 Å². The van der Waals surface area contributed by atoms with Crippen molar-refractivity contribution in [3.05, 3.63) is 35.6 Å². The number of benzene rings is 1. The number of alkyl halides is 1. The van der Waals surface area contributed by atoms with Crippen LogP contribution >= 0.6 is 11.6 Å². The monoisotopic (exact) mass is 243 g/mol. The highest BCUT2D eigenvalue weighted by Crippen LogP contribution is 2.04. The number of halogens is 2. The van der Waals surface area contributed by atoms with Crippen LogP contribution in [0.5, 0.6) is 0 Å². The minimum absolute atomic E-state index is 0.0655. The molecule has 0 heterocycles. The van der Waals surface area contributed by atoms with E-state index in [9.17, 15) is 9.18 Å². The molecule has 1 aromatic carbocycles. The minimum Gasteiger partial charge on any atom is -0.353 e. The topological polar surface area (TPSA) is 29.1 Å². The highest BCUT2D eigenvalue weighted by Gasteiger charge is 2.07. The number of hydrogen-bond donors (Lipinski definition) is 1. The van der Waals surface area contributed by atoms with Crippen molar-refractivity contribution >= 4 is 17.5 Å². The van der Waals surface area contributed by atoms with Gasteiger partial charge in [-0.2, -0.15) is 0 Å². The number of rotatable bonds is 5. The first kappa shape index (κ1) is 13.0. The Hall–Kier alpha value is -1.09. The zero-order chi connectivity index (χ0) is 12.0. The lowest BCUT2D eigenvalue weighted by molar-refractivity contribution is -0.121. The number of carbonyl (C=O) groups is 1. The average molecular weight is 244 g/mol. The van der Waals surface area contributed by atoms with Crippen LogP contribution in [0.25, 0.3) is 0 Å². The van der Waals surface area contributed by atoms with Gasteiger partial charge in [-0.3, -0.25) is 4.79 Å². The fourth-order valence-corrected chi connectivity index (χ4v) is 1.68. The fourth-order valence-electron chi connectivity index (χ4n) is 1.35. The molecule has 16 heavy (non-hydrogen) atoms. The van der Waals surface area contributed by atoms with Gasteiger partial charge in [-0.25, -0.2) is 4.39 Å². The molecule has 88 valence electrons. The Morgan fingerprint density at radius 1 is 1.44 bits per heavy atom. The molecule has 1 amide bonds. The smallest absolute Gasteiger partial charge is 0.224 e. The van der Waals surface area contributed by atoms with Gasteiger partial charge in [0.1, 0.15) is 5.82 Å². The van der Waals surface area contributed by atoms with Gasteiger partial charge in [0.25, 0.3) is 0 Å². The molecule has 0 aliphatic heterocycles. The molecule has 0 aliphatic carbocycles. The summed E-state index contributed by atoms with van der Waals surface area (Å²) in [5.41, 5.74) is 0.803. The van der Waals surface area contributed by atoms with E-state index in [4.69, 9.17) is 11.6 Å². The molecule has 1 rings (SSSR count). The summed E-state index contributed by atoms with van der Waals surface area (Å²) >= 11 is 5.56. The molecular formula is C12H15ClFNO. The van der Waals surface area contributed by atoms with Crippen LogP contribution in [0.3, 0.4) is 0 Å². The van der Waals surface area contributed by atoms with Crippen molar-refractivity contribution in [3.8, 4) is 0 Å². The summed E-state index contributed by atoms with van der Waals surface area (Å²) in [6, 6.07) is 6.00. The van der Waals surface area contributed by atoms with E-state index in [-0.39, 0.29) is 24.2 Å². The molecule has 0 aromatic heterocycles. The molecule has 1 atom stereocenters. The number of hydrogen-bond acceptors (Lipinski definition) is 1. The first-order valence-corrected chi connectivity index (χ1v) is 5.75. The van der Waals surface area contributed by atoms with Crippen molar-refractivity contribution in [1.29, 1.82) is 0 Å². The third-order valence-electron chi connectivity index (χ3n) is 2.23. The zero-order valence-electron chi connectivity index (χ0n) is 9.17. The normalized spacial score (nSPS) is 12.2. The summed E-state index contributed by atoms with van der Waals surface area (Å²) in [6.45, 7) is 1.91. The summed E-state index contributed by atoms with van der Waals surface area (Å²) < 4.78 is 12.6. The maximum absolute atomic E-state index is 12.6. The summed E-state index contributed by atoms with van der Waals surface area (Å²) in [6.07, 6.45) is 1.02. The second-order valence-electron chi connectivity index (χ2n) is 3.75. The largest absolute Gasteiger partial charge is 0.353 e. The van der Waals surface area contributed by atoms with E-state index < -0.39 is 0 Å². The molecule has 1 unspecified atom stereocenters. The van der Waals surface area contributed by atoms with Gasteiger partial charge in [0, 0.05) is 11.9 Å². The standard InChI is InChI=1S/C12H15ClFNO/c1-9(6-7-13)15-12(16)8-10-2-4-11(14)5-3-10/h2-5,9H,6-8H2,1H3,(H,15,16). The molecule has 0 aliphatic rings. The Kier molecular flexibility index (Phi) is 5.26. The van der Waals surface area contributed by atoms with Crippen LogP contribution < -0.4 is 5.32 Å². The zero-order valence-corrected chi connectivity index (χ0v) is 9.93. The van der Waals surface area contributed by atoms with Gasteiger partial charge in [-0.05, 0) is 31.0 Å². The molecule has 0 saturated carbocycles. The molecule has 0 bridgehead atoms. The van der Waals surface area contributed by atoms with Crippen molar-refractivity contribution < 1.29 is 9.18 Å². The number of amides is 1. The van der Waals surface area contributed by atoms with Gasteiger partial charge in [-0.1, -0.05) is 12.1 Å². The number of carbonyl (C=O) groups excluding carboxylic acids is 1. The van der Waals surface area contributed by atoms with Crippen molar-refractivity contribution in [1.82, 2.24) is 5.32 Å². The Bertz CT molecular complexity index is 339. The molecular weight excluding hydrogens is 229 g/mol. The maximum atomic E-state index is 12.6. The quantitative estimate of drug-likeness (QED) is 0.791. The lowest BCUT2D eigenvalue weighted by atomic mass is 10.1. The first-order chi connectivity index (χ1) is 7.61. The van der Waals surface area contributed by atoms with E-state index in [1.807, 2.05) is 6.92 Å². The van der Waals surface area contributed by atoms with Crippen LogP contribution in [0, 0.1) is 5.82 Å². The van der Waals surface area contributed by atoms with Crippen LogP contribution in [0.15, 0.2) is 24.3 Å². The number of nitrogens with one attached hydrogen (secondary N) is 1. The lowest BCUT2D eigenvalue weighted by Crippen LogP contribution is -2.33. The molecule has 0 spiro atoms. The van der Waals surface area contributed by atoms with E-state index in [0.717, 1.165) is 12.0 Å². The van der Waals surface area contributed by atoms with E-state index in [0.29, 0.717) is 5.88 Å². The predicted octanol–water partition coefficient (Wildman–Crippen LogP) is 2.50. The van der Waals surface area contributed by atoms with E-state index >= 15 is 0 Å². The molecule has 0 radical (unpaired) electrons. The fraction of sp³-hybridized carbons (Fsp3) is 0.417. The van der Waals surface area contributed by atoms with Crippen LogP contribution in [0.4, 0.5) is 4.39 Å². The van der Waals surface area contributed by atoms with Crippen LogP contribution in [-0.4, -0.2) is 17.8 Å².